The molecule has 0 saturated heterocycles. The minimum Gasteiger partial charge on any atom is -0.467 e. The van der Waals surface area contributed by atoms with Crippen LogP contribution in [0.3, 0.4) is 0 Å². The number of esters is 1. The van der Waals surface area contributed by atoms with Crippen molar-refractivity contribution < 1.29 is 14.3 Å². The van der Waals surface area contributed by atoms with Crippen molar-refractivity contribution >= 4 is 22.8 Å². The minimum absolute atomic E-state index is 0.192. The van der Waals surface area contributed by atoms with Crippen LogP contribution in [0.15, 0.2) is 36.5 Å². The Morgan fingerprint density at radius 1 is 1.35 bits per heavy atom. The second-order valence-electron chi connectivity index (χ2n) is 5.19. The van der Waals surface area contributed by atoms with E-state index in [-0.39, 0.29) is 12.3 Å². The number of amides is 1. The number of benzene rings is 1. The molecule has 0 aliphatic heterocycles. The van der Waals surface area contributed by atoms with Crippen molar-refractivity contribution in [2.75, 3.05) is 7.11 Å². The van der Waals surface area contributed by atoms with Crippen LogP contribution >= 0.6 is 0 Å². The second-order valence-corrected chi connectivity index (χ2v) is 5.19. The topological polar surface area (TPSA) is 92.1 Å². The summed E-state index contributed by atoms with van der Waals surface area (Å²) in [6.45, 7) is 1.68. The molecule has 23 heavy (non-hydrogen) atoms. The van der Waals surface area contributed by atoms with Crippen molar-refractivity contribution in [1.29, 1.82) is 5.26 Å². The van der Waals surface area contributed by atoms with Crippen LogP contribution in [-0.4, -0.2) is 30.0 Å². The summed E-state index contributed by atoms with van der Waals surface area (Å²) in [5, 5.41) is 12.3. The summed E-state index contributed by atoms with van der Waals surface area (Å²) in [5.74, 6) is -1.35. The fraction of sp³-hybridized carbons (Fsp3) is 0.294. The van der Waals surface area contributed by atoms with E-state index in [2.05, 4.69) is 10.3 Å². The van der Waals surface area contributed by atoms with Gasteiger partial charge in [-0.05, 0) is 25.5 Å². The number of rotatable bonds is 5. The largest absolute Gasteiger partial charge is 0.467 e. The molecule has 0 aliphatic carbocycles. The molecule has 2 atom stereocenters. The summed E-state index contributed by atoms with van der Waals surface area (Å²) in [6, 6.07) is 10.0. The molecule has 0 unspecified atom stereocenters. The van der Waals surface area contributed by atoms with Gasteiger partial charge in [0, 0.05) is 17.5 Å². The summed E-state index contributed by atoms with van der Waals surface area (Å²) in [7, 11) is 1.25. The number of carbonyl (C=O) groups is 2. The maximum Gasteiger partial charge on any atom is 0.328 e. The summed E-state index contributed by atoms with van der Waals surface area (Å²) in [5.41, 5.74) is 1.12. The minimum atomic E-state index is -0.867. The van der Waals surface area contributed by atoms with E-state index in [0.717, 1.165) is 0 Å². The highest BCUT2D eigenvalue weighted by atomic mass is 16.5. The van der Waals surface area contributed by atoms with Gasteiger partial charge in [-0.15, -0.1) is 0 Å². The number of methoxy groups -OCH3 is 1. The lowest BCUT2D eigenvalue weighted by molar-refractivity contribution is -0.143. The quantitative estimate of drug-likeness (QED) is 0.853. The molecule has 0 aliphatic rings. The van der Waals surface area contributed by atoms with Crippen molar-refractivity contribution in [2.24, 2.45) is 5.92 Å². The molecule has 1 heterocycles. The van der Waals surface area contributed by atoms with E-state index in [1.165, 1.54) is 7.11 Å². The lowest BCUT2D eigenvalue weighted by atomic mass is 10.0. The monoisotopic (exact) mass is 311 g/mol. The number of nitrogens with zero attached hydrogens (tertiary/aromatic N) is 2. The number of hydrogen-bond acceptors (Lipinski definition) is 5. The van der Waals surface area contributed by atoms with Crippen LogP contribution in [0.5, 0.6) is 0 Å². The van der Waals surface area contributed by atoms with Gasteiger partial charge in [-0.25, -0.2) is 4.79 Å². The zero-order valence-corrected chi connectivity index (χ0v) is 12.9. The molecule has 118 valence electrons. The van der Waals surface area contributed by atoms with Gasteiger partial charge in [0.05, 0.1) is 24.3 Å². The van der Waals surface area contributed by atoms with Crippen LogP contribution < -0.4 is 5.32 Å². The van der Waals surface area contributed by atoms with Crippen molar-refractivity contribution in [3.8, 4) is 6.07 Å². The van der Waals surface area contributed by atoms with Crippen molar-refractivity contribution in [3.05, 3.63) is 42.1 Å². The average Bonchev–Trinajstić information content (AvgIpc) is 2.59. The van der Waals surface area contributed by atoms with Gasteiger partial charge < -0.3 is 10.1 Å². The standard InChI is InChI=1S/C17H17N3O3/c1-11(10-18)9-15(17(22)23-2)20-16(21)13-7-8-19-14-6-4-3-5-12(13)14/h3-8,11,15H,9H2,1-2H3,(H,20,21)/t11-,15+/m0/s1. The van der Waals surface area contributed by atoms with Gasteiger partial charge in [-0.2, -0.15) is 5.26 Å². The molecule has 1 aromatic carbocycles. The Bertz CT molecular complexity index is 762. The molecule has 1 aromatic heterocycles. The number of fused-ring (bicyclic) bond motifs is 1. The Kier molecular flexibility index (Phi) is 5.26. The van der Waals surface area contributed by atoms with Gasteiger partial charge >= 0.3 is 5.97 Å². The van der Waals surface area contributed by atoms with Crippen LogP contribution in [0.2, 0.25) is 0 Å². The Balaban J connectivity index is 2.27. The summed E-state index contributed by atoms with van der Waals surface area (Å²) in [6.07, 6.45) is 1.74. The Labute approximate surface area is 134 Å². The van der Waals surface area contributed by atoms with Crippen LogP contribution in [0, 0.1) is 17.2 Å². The van der Waals surface area contributed by atoms with Gasteiger partial charge in [0.25, 0.3) is 5.91 Å². The number of pyridine rings is 1. The first kappa shape index (κ1) is 16.4. The number of para-hydroxylation sites is 1. The Morgan fingerprint density at radius 2 is 2.09 bits per heavy atom. The molecule has 0 fully saturated rings. The molecule has 0 saturated carbocycles. The van der Waals surface area contributed by atoms with E-state index in [1.54, 1.807) is 25.3 Å². The first-order valence-electron chi connectivity index (χ1n) is 7.19. The smallest absolute Gasteiger partial charge is 0.328 e. The van der Waals surface area contributed by atoms with Crippen molar-refractivity contribution in [1.82, 2.24) is 10.3 Å². The predicted octanol–water partition coefficient (Wildman–Crippen LogP) is 2.06. The van der Waals surface area contributed by atoms with E-state index >= 15 is 0 Å². The molecule has 2 rings (SSSR count). The first-order chi connectivity index (χ1) is 11.1. The van der Waals surface area contributed by atoms with E-state index in [1.807, 2.05) is 24.3 Å². The van der Waals surface area contributed by atoms with Crippen molar-refractivity contribution in [2.45, 2.75) is 19.4 Å². The number of ether oxygens (including phenoxy) is 1. The highest BCUT2D eigenvalue weighted by molar-refractivity contribution is 6.07. The SMILES string of the molecule is COC(=O)[C@@H](C[C@H](C)C#N)NC(=O)c1ccnc2ccccc12. The number of carbonyl (C=O) groups excluding carboxylic acids is 2. The molecular weight excluding hydrogens is 294 g/mol. The number of nitriles is 1. The molecule has 1 N–H and O–H groups in total. The maximum absolute atomic E-state index is 12.5. The van der Waals surface area contributed by atoms with Crippen LogP contribution in [0.4, 0.5) is 0 Å². The number of nitrogens with one attached hydrogen (secondary N) is 1. The van der Waals surface area contributed by atoms with Crippen LogP contribution in [0.25, 0.3) is 10.9 Å². The Hall–Kier alpha value is -2.94. The fourth-order valence-corrected chi connectivity index (χ4v) is 2.29. The van der Waals surface area contributed by atoms with Gasteiger partial charge in [-0.1, -0.05) is 18.2 Å². The Morgan fingerprint density at radius 3 is 2.78 bits per heavy atom. The molecule has 2 aromatic rings. The van der Waals surface area contributed by atoms with E-state index in [9.17, 15) is 9.59 Å². The normalized spacial score (nSPS) is 12.9. The highest BCUT2D eigenvalue weighted by Gasteiger charge is 2.25. The van der Waals surface area contributed by atoms with Gasteiger partial charge in [0.15, 0.2) is 0 Å². The zero-order chi connectivity index (χ0) is 16.8. The van der Waals surface area contributed by atoms with E-state index in [0.29, 0.717) is 16.5 Å². The van der Waals surface area contributed by atoms with E-state index < -0.39 is 17.9 Å². The summed E-state index contributed by atoms with van der Waals surface area (Å²) >= 11 is 0. The molecule has 6 heteroatoms. The molecule has 0 radical (unpaired) electrons. The predicted molar refractivity (Wildman–Crippen MR) is 84.4 cm³/mol. The lowest BCUT2D eigenvalue weighted by Gasteiger charge is -2.18. The average molecular weight is 311 g/mol. The third kappa shape index (κ3) is 3.83. The molecular formula is C17H17N3O3. The second kappa shape index (κ2) is 7.36. The van der Waals surface area contributed by atoms with Crippen molar-refractivity contribution in [3.63, 3.8) is 0 Å². The maximum atomic E-state index is 12.5. The molecule has 0 spiro atoms. The van der Waals surface area contributed by atoms with Crippen LogP contribution in [0.1, 0.15) is 23.7 Å². The van der Waals surface area contributed by atoms with E-state index in [4.69, 9.17) is 10.00 Å². The number of aromatic nitrogens is 1. The van der Waals surface area contributed by atoms with Crippen LogP contribution in [-0.2, 0) is 9.53 Å². The third-order valence-electron chi connectivity index (χ3n) is 3.49. The fourth-order valence-electron chi connectivity index (χ4n) is 2.29. The van der Waals surface area contributed by atoms with Gasteiger partial charge in [0.2, 0.25) is 0 Å². The summed E-state index contributed by atoms with van der Waals surface area (Å²) < 4.78 is 4.71. The van der Waals surface area contributed by atoms with Gasteiger partial charge in [-0.3, -0.25) is 9.78 Å². The van der Waals surface area contributed by atoms with Gasteiger partial charge in [0.1, 0.15) is 6.04 Å². The first-order valence-corrected chi connectivity index (χ1v) is 7.19. The zero-order valence-electron chi connectivity index (χ0n) is 12.9. The highest BCUT2D eigenvalue weighted by Crippen LogP contribution is 2.17. The summed E-state index contributed by atoms with van der Waals surface area (Å²) in [4.78, 5) is 28.6. The number of hydrogen-bond donors (Lipinski definition) is 1. The lowest BCUT2D eigenvalue weighted by Crippen LogP contribution is -2.42. The molecule has 1 amide bonds. The third-order valence-corrected chi connectivity index (χ3v) is 3.49. The molecule has 6 nitrogen and oxygen atoms in total. The molecule has 0 bridgehead atoms.